The number of rotatable bonds is 1. The highest BCUT2D eigenvalue weighted by Gasteiger charge is 2.32. The Bertz CT molecular complexity index is 464. The summed E-state index contributed by atoms with van der Waals surface area (Å²) >= 11 is 0. The minimum Gasteiger partial charge on any atom is -0.452 e. The number of ether oxygens (including phenoxy) is 1. The van der Waals surface area contributed by atoms with Crippen LogP contribution in [0, 0.1) is 17.8 Å². The third-order valence-corrected chi connectivity index (χ3v) is 4.62. The highest BCUT2D eigenvalue weighted by Crippen LogP contribution is 2.33. The van der Waals surface area contributed by atoms with E-state index in [1.807, 2.05) is 0 Å². The van der Waals surface area contributed by atoms with Gasteiger partial charge >= 0.3 is 12.1 Å². The molecule has 0 aromatic heterocycles. The van der Waals surface area contributed by atoms with Crippen LogP contribution in [0.25, 0.3) is 0 Å². The van der Waals surface area contributed by atoms with Crippen molar-refractivity contribution >= 4 is 18.1 Å². The second-order valence-electron chi connectivity index (χ2n) is 6.80. The van der Waals surface area contributed by atoms with Crippen LogP contribution in [0.5, 0.6) is 0 Å². The maximum absolute atomic E-state index is 12.3. The molecule has 0 aromatic carbocycles. The summed E-state index contributed by atoms with van der Waals surface area (Å²) in [6.45, 7) is 6.60. The standard InChI is InChI=1S/C16H30N4O3/c1-10-8-11(2)12(3)13(9-10)17-14(21)18-15(19(4)5)20(6)16(22)23-7/h10-13H,8-9H2,1-7H3,(H,17,21)/b18-15+. The molecule has 4 atom stereocenters. The average Bonchev–Trinajstić information content (AvgIpc) is 2.47. The number of methoxy groups -OCH3 is 1. The Morgan fingerprint density at radius 2 is 1.74 bits per heavy atom. The molecule has 3 amide bonds. The van der Waals surface area contributed by atoms with E-state index in [0.29, 0.717) is 17.8 Å². The van der Waals surface area contributed by atoms with Crippen LogP contribution in [-0.4, -0.2) is 62.2 Å². The van der Waals surface area contributed by atoms with Gasteiger partial charge in [0.05, 0.1) is 7.11 Å². The molecule has 0 radical (unpaired) electrons. The molecule has 0 aliphatic heterocycles. The van der Waals surface area contributed by atoms with Crippen LogP contribution >= 0.6 is 0 Å². The third-order valence-electron chi connectivity index (χ3n) is 4.62. The van der Waals surface area contributed by atoms with Crippen molar-refractivity contribution in [2.24, 2.45) is 22.7 Å². The number of aliphatic imine (C=N–C) groups is 1. The topological polar surface area (TPSA) is 74.2 Å². The summed E-state index contributed by atoms with van der Waals surface area (Å²) < 4.78 is 4.67. The molecule has 1 N–H and O–H groups in total. The number of guanidine groups is 1. The lowest BCUT2D eigenvalue weighted by Crippen LogP contribution is -2.47. The maximum atomic E-state index is 12.3. The molecule has 1 rings (SSSR count). The van der Waals surface area contributed by atoms with Crippen molar-refractivity contribution in [2.75, 3.05) is 28.3 Å². The van der Waals surface area contributed by atoms with Gasteiger partial charge < -0.3 is 15.0 Å². The van der Waals surface area contributed by atoms with Gasteiger partial charge in [-0.25, -0.2) is 9.59 Å². The molecule has 0 spiro atoms. The summed E-state index contributed by atoms with van der Waals surface area (Å²) in [5.41, 5.74) is 0. The van der Waals surface area contributed by atoms with Gasteiger partial charge in [-0.3, -0.25) is 4.90 Å². The van der Waals surface area contributed by atoms with Gasteiger partial charge in [0.25, 0.3) is 0 Å². The highest BCUT2D eigenvalue weighted by atomic mass is 16.5. The van der Waals surface area contributed by atoms with Crippen LogP contribution < -0.4 is 5.32 Å². The van der Waals surface area contributed by atoms with E-state index in [4.69, 9.17) is 0 Å². The molecule has 1 saturated carbocycles. The van der Waals surface area contributed by atoms with E-state index in [-0.39, 0.29) is 12.0 Å². The molecule has 23 heavy (non-hydrogen) atoms. The molecule has 0 saturated heterocycles. The lowest BCUT2D eigenvalue weighted by molar-refractivity contribution is 0.149. The van der Waals surface area contributed by atoms with Crippen molar-refractivity contribution in [2.45, 2.75) is 39.7 Å². The lowest BCUT2D eigenvalue weighted by atomic mass is 9.73. The smallest absolute Gasteiger partial charge is 0.416 e. The molecular weight excluding hydrogens is 296 g/mol. The van der Waals surface area contributed by atoms with E-state index >= 15 is 0 Å². The van der Waals surface area contributed by atoms with Crippen LogP contribution in [0.2, 0.25) is 0 Å². The summed E-state index contributed by atoms with van der Waals surface area (Å²) in [5, 5.41) is 2.99. The first kappa shape index (κ1) is 19.3. The number of nitrogens with zero attached hydrogens (tertiary/aromatic N) is 3. The largest absolute Gasteiger partial charge is 0.452 e. The van der Waals surface area contributed by atoms with E-state index < -0.39 is 12.1 Å². The normalized spacial score (nSPS) is 28.0. The Balaban J connectivity index is 2.83. The summed E-state index contributed by atoms with van der Waals surface area (Å²) in [6.07, 6.45) is 1.57. The zero-order valence-corrected chi connectivity index (χ0v) is 15.3. The molecule has 4 unspecified atom stereocenters. The van der Waals surface area contributed by atoms with Gasteiger partial charge in [-0.15, -0.1) is 0 Å². The van der Waals surface area contributed by atoms with Gasteiger partial charge in [0.1, 0.15) is 0 Å². The molecule has 1 aliphatic carbocycles. The Kier molecular flexibility index (Phi) is 6.84. The molecule has 0 heterocycles. The van der Waals surface area contributed by atoms with Crippen LogP contribution in [0.15, 0.2) is 4.99 Å². The number of amides is 3. The molecule has 7 nitrogen and oxygen atoms in total. The van der Waals surface area contributed by atoms with Crippen molar-refractivity contribution in [3.63, 3.8) is 0 Å². The first-order valence-corrected chi connectivity index (χ1v) is 8.05. The lowest BCUT2D eigenvalue weighted by Gasteiger charge is -2.37. The number of hydrogen-bond acceptors (Lipinski definition) is 3. The monoisotopic (exact) mass is 326 g/mol. The second-order valence-corrected chi connectivity index (χ2v) is 6.80. The van der Waals surface area contributed by atoms with Gasteiger partial charge in [-0.2, -0.15) is 4.99 Å². The molecule has 1 aliphatic rings. The minimum absolute atomic E-state index is 0.108. The van der Waals surface area contributed by atoms with Gasteiger partial charge in [-0.1, -0.05) is 20.8 Å². The second kappa shape index (κ2) is 8.17. The molecule has 1 fully saturated rings. The van der Waals surface area contributed by atoms with Crippen molar-refractivity contribution in [1.29, 1.82) is 0 Å². The molecule has 132 valence electrons. The molecule has 7 heteroatoms. The zero-order valence-electron chi connectivity index (χ0n) is 15.3. The quantitative estimate of drug-likeness (QED) is 0.593. The first-order valence-electron chi connectivity index (χ1n) is 8.05. The Hall–Kier alpha value is -1.79. The van der Waals surface area contributed by atoms with Crippen molar-refractivity contribution in [3.8, 4) is 0 Å². The minimum atomic E-state index is -0.571. The van der Waals surface area contributed by atoms with E-state index in [1.54, 1.807) is 19.0 Å². The van der Waals surface area contributed by atoms with E-state index in [0.717, 1.165) is 6.42 Å². The third kappa shape index (κ3) is 5.11. The van der Waals surface area contributed by atoms with Crippen LogP contribution in [0.4, 0.5) is 9.59 Å². The zero-order chi connectivity index (χ0) is 17.7. The Labute approximate surface area is 139 Å². The number of nitrogens with one attached hydrogen (secondary N) is 1. The van der Waals surface area contributed by atoms with Crippen molar-refractivity contribution in [1.82, 2.24) is 15.1 Å². The number of carbonyl (C=O) groups excluding carboxylic acids is 2. The van der Waals surface area contributed by atoms with E-state index in [2.05, 4.69) is 35.8 Å². The fourth-order valence-electron chi connectivity index (χ4n) is 3.16. The first-order chi connectivity index (χ1) is 10.7. The van der Waals surface area contributed by atoms with Gasteiger partial charge in [0, 0.05) is 27.2 Å². The predicted octanol–water partition coefficient (Wildman–Crippen LogP) is 2.38. The maximum Gasteiger partial charge on any atom is 0.416 e. The Morgan fingerprint density at radius 1 is 1.13 bits per heavy atom. The predicted molar refractivity (Wildman–Crippen MR) is 90.3 cm³/mol. The molecule has 0 aromatic rings. The van der Waals surface area contributed by atoms with E-state index in [9.17, 15) is 9.59 Å². The van der Waals surface area contributed by atoms with Crippen LogP contribution in [0.1, 0.15) is 33.6 Å². The number of carbonyl (C=O) groups is 2. The molecule has 0 bridgehead atoms. The Morgan fingerprint density at radius 3 is 2.26 bits per heavy atom. The summed E-state index contributed by atoms with van der Waals surface area (Å²) in [4.78, 5) is 30.8. The fraction of sp³-hybridized carbons (Fsp3) is 0.812. The average molecular weight is 326 g/mol. The fourth-order valence-corrected chi connectivity index (χ4v) is 3.16. The summed E-state index contributed by atoms with van der Waals surface area (Å²) in [6, 6.07) is -0.320. The van der Waals surface area contributed by atoms with Gasteiger partial charge in [0.15, 0.2) is 0 Å². The van der Waals surface area contributed by atoms with Crippen LogP contribution in [-0.2, 0) is 4.74 Å². The SMILES string of the molecule is COC(=O)N(C)/C(=N/C(=O)NC1CC(C)CC(C)C1C)N(C)C. The number of urea groups is 1. The number of hydrogen-bond donors (Lipinski definition) is 1. The van der Waals surface area contributed by atoms with Crippen molar-refractivity contribution < 1.29 is 14.3 Å². The van der Waals surface area contributed by atoms with Gasteiger partial charge in [-0.05, 0) is 30.6 Å². The highest BCUT2D eigenvalue weighted by molar-refractivity contribution is 5.99. The van der Waals surface area contributed by atoms with Gasteiger partial charge in [0.2, 0.25) is 5.96 Å². The van der Waals surface area contributed by atoms with Crippen LogP contribution in [0.3, 0.4) is 0 Å². The van der Waals surface area contributed by atoms with Crippen molar-refractivity contribution in [3.05, 3.63) is 0 Å². The molecular formula is C16H30N4O3. The van der Waals surface area contributed by atoms with E-state index in [1.165, 1.54) is 25.5 Å². The summed E-state index contributed by atoms with van der Waals surface area (Å²) in [7, 11) is 6.25. The summed E-state index contributed by atoms with van der Waals surface area (Å²) in [5.74, 6) is 1.80.